The highest BCUT2D eigenvalue weighted by Gasteiger charge is 2.30. The molecule has 0 N–H and O–H groups in total. The molecule has 68 valence electrons. The maximum atomic E-state index is 11.3. The number of carbonyl (C=O) groups excluding carboxylic acids is 1. The summed E-state index contributed by atoms with van der Waals surface area (Å²) in [6, 6.07) is 6.21. The lowest BCUT2D eigenvalue weighted by Crippen LogP contribution is -2.24. The van der Waals surface area contributed by atoms with Gasteiger partial charge in [-0.1, -0.05) is 12.1 Å². The molecule has 0 spiro atoms. The van der Waals surface area contributed by atoms with Crippen molar-refractivity contribution in [2.45, 2.75) is 25.7 Å². The molecule has 1 aromatic carbocycles. The van der Waals surface area contributed by atoms with E-state index in [-0.39, 0.29) is 5.92 Å². The van der Waals surface area contributed by atoms with E-state index in [0.717, 1.165) is 12.8 Å². The highest BCUT2D eigenvalue weighted by Crippen LogP contribution is 2.35. The van der Waals surface area contributed by atoms with E-state index in [1.807, 2.05) is 6.07 Å². The number of hydrogen-bond donors (Lipinski definition) is 0. The largest absolute Gasteiger partial charge is 0.299 e. The summed E-state index contributed by atoms with van der Waals surface area (Å²) in [6.45, 7) is 2.10. The number of rotatable bonds is 1. The lowest BCUT2D eigenvalue weighted by Gasteiger charge is -2.26. The predicted molar refractivity (Wildman–Crippen MR) is 60.9 cm³/mol. The molecule has 0 amide bonds. The molecule has 0 radical (unpaired) electrons. The van der Waals surface area contributed by atoms with Gasteiger partial charge in [-0.2, -0.15) is 0 Å². The quantitative estimate of drug-likeness (QED) is 0.725. The second-order valence-corrected chi connectivity index (χ2v) is 4.67. The number of hydrogen-bond acceptors (Lipinski definition) is 1. The summed E-state index contributed by atoms with van der Waals surface area (Å²) in [5, 5.41) is 0. The minimum atomic E-state index is 0.203. The van der Waals surface area contributed by atoms with Gasteiger partial charge >= 0.3 is 0 Å². The van der Waals surface area contributed by atoms with Crippen molar-refractivity contribution < 1.29 is 4.79 Å². The van der Waals surface area contributed by atoms with Crippen molar-refractivity contribution in [3.05, 3.63) is 32.9 Å². The summed E-state index contributed by atoms with van der Waals surface area (Å²) >= 11 is 2.32. The van der Waals surface area contributed by atoms with E-state index >= 15 is 0 Å². The van der Waals surface area contributed by atoms with E-state index < -0.39 is 0 Å². The molecule has 0 aromatic heterocycles. The highest BCUT2D eigenvalue weighted by atomic mass is 127. The average Bonchev–Trinajstić information content (AvgIpc) is 2.10. The lowest BCUT2D eigenvalue weighted by molar-refractivity contribution is -0.125. The number of ketones is 1. The van der Waals surface area contributed by atoms with Crippen LogP contribution in [0, 0.1) is 10.5 Å². The molecule has 1 saturated carbocycles. The standard InChI is InChI=1S/C11H11IO/c1-7-8(3-2-4-10(7)12)9-5-6-11(9)13/h2-4,9H,5-6H2,1H3. The fourth-order valence-electron chi connectivity index (χ4n) is 1.74. The fraction of sp³-hybridized carbons (Fsp3) is 0.364. The monoisotopic (exact) mass is 286 g/mol. The molecule has 1 aliphatic carbocycles. The van der Waals surface area contributed by atoms with E-state index in [4.69, 9.17) is 0 Å². The first-order chi connectivity index (χ1) is 6.20. The highest BCUT2D eigenvalue weighted by molar-refractivity contribution is 14.1. The van der Waals surface area contributed by atoms with Crippen LogP contribution in [0.25, 0.3) is 0 Å². The molecule has 0 heterocycles. The van der Waals surface area contributed by atoms with Crippen molar-refractivity contribution in [3.8, 4) is 0 Å². The summed E-state index contributed by atoms with van der Waals surface area (Å²) in [5.74, 6) is 0.611. The second-order valence-electron chi connectivity index (χ2n) is 3.51. The molecule has 1 aliphatic rings. The average molecular weight is 286 g/mol. The zero-order valence-corrected chi connectivity index (χ0v) is 9.67. The van der Waals surface area contributed by atoms with Crippen LogP contribution < -0.4 is 0 Å². The number of Topliss-reactive ketones (excluding diaryl/α,β-unsaturated/α-hetero) is 1. The van der Waals surface area contributed by atoms with Crippen LogP contribution in [0.4, 0.5) is 0 Å². The SMILES string of the molecule is Cc1c(I)cccc1C1CCC1=O. The molecule has 13 heavy (non-hydrogen) atoms. The van der Waals surface area contributed by atoms with Gasteiger partial charge in [0.1, 0.15) is 5.78 Å². The summed E-state index contributed by atoms with van der Waals surface area (Å²) in [5.41, 5.74) is 2.52. The van der Waals surface area contributed by atoms with Crippen molar-refractivity contribution in [1.82, 2.24) is 0 Å². The van der Waals surface area contributed by atoms with Crippen molar-refractivity contribution in [2.24, 2.45) is 0 Å². The first kappa shape index (κ1) is 9.19. The molecule has 1 nitrogen and oxygen atoms in total. The lowest BCUT2D eigenvalue weighted by atomic mass is 9.77. The molecular weight excluding hydrogens is 275 g/mol. The van der Waals surface area contributed by atoms with Gasteiger partial charge < -0.3 is 0 Å². The Morgan fingerprint density at radius 3 is 2.77 bits per heavy atom. The molecule has 2 heteroatoms. The molecule has 1 unspecified atom stereocenters. The van der Waals surface area contributed by atoms with Gasteiger partial charge in [-0.05, 0) is 53.1 Å². The Bertz CT molecular complexity index is 357. The molecule has 0 bridgehead atoms. The van der Waals surface area contributed by atoms with E-state index in [1.54, 1.807) is 0 Å². The van der Waals surface area contributed by atoms with Crippen LogP contribution in [0.3, 0.4) is 0 Å². The first-order valence-corrected chi connectivity index (χ1v) is 5.56. The Morgan fingerprint density at radius 2 is 2.23 bits per heavy atom. The van der Waals surface area contributed by atoms with Gasteiger partial charge in [0, 0.05) is 15.9 Å². The van der Waals surface area contributed by atoms with Crippen molar-refractivity contribution >= 4 is 28.4 Å². The van der Waals surface area contributed by atoms with Crippen molar-refractivity contribution in [1.29, 1.82) is 0 Å². The van der Waals surface area contributed by atoms with Gasteiger partial charge in [0.05, 0.1) is 0 Å². The maximum Gasteiger partial charge on any atom is 0.140 e. The Balaban J connectivity index is 2.40. The van der Waals surface area contributed by atoms with Crippen LogP contribution in [0.5, 0.6) is 0 Å². The minimum Gasteiger partial charge on any atom is -0.299 e. The molecule has 2 rings (SSSR count). The third-order valence-corrected chi connectivity index (χ3v) is 3.92. The van der Waals surface area contributed by atoms with E-state index in [1.165, 1.54) is 14.7 Å². The Morgan fingerprint density at radius 1 is 1.46 bits per heavy atom. The van der Waals surface area contributed by atoms with Crippen LogP contribution in [0.1, 0.15) is 29.9 Å². The molecule has 1 atom stereocenters. The predicted octanol–water partition coefficient (Wildman–Crippen LogP) is 3.05. The summed E-state index contributed by atoms with van der Waals surface area (Å²) < 4.78 is 1.26. The topological polar surface area (TPSA) is 17.1 Å². The van der Waals surface area contributed by atoms with Crippen LogP contribution >= 0.6 is 22.6 Å². The maximum absolute atomic E-state index is 11.3. The molecule has 1 fully saturated rings. The van der Waals surface area contributed by atoms with Gasteiger partial charge in [0.15, 0.2) is 0 Å². The number of carbonyl (C=O) groups is 1. The smallest absolute Gasteiger partial charge is 0.140 e. The zero-order chi connectivity index (χ0) is 9.42. The third-order valence-electron chi connectivity index (χ3n) is 2.75. The Kier molecular flexibility index (Phi) is 2.41. The third kappa shape index (κ3) is 1.52. The number of benzene rings is 1. The van der Waals surface area contributed by atoms with Gasteiger partial charge in [0.2, 0.25) is 0 Å². The Labute approximate surface area is 91.7 Å². The summed E-state index contributed by atoms with van der Waals surface area (Å²) in [6.07, 6.45) is 1.81. The summed E-state index contributed by atoms with van der Waals surface area (Å²) in [4.78, 5) is 11.3. The van der Waals surface area contributed by atoms with E-state index in [0.29, 0.717) is 5.78 Å². The number of halogens is 1. The summed E-state index contributed by atoms with van der Waals surface area (Å²) in [7, 11) is 0. The Hall–Kier alpha value is -0.380. The van der Waals surface area contributed by atoms with Crippen LogP contribution in [-0.2, 0) is 4.79 Å². The van der Waals surface area contributed by atoms with Crippen molar-refractivity contribution in [2.75, 3.05) is 0 Å². The minimum absolute atomic E-state index is 0.203. The van der Waals surface area contributed by atoms with E-state index in [9.17, 15) is 4.79 Å². The molecule has 0 aliphatic heterocycles. The molecule has 0 saturated heterocycles. The van der Waals surface area contributed by atoms with Crippen LogP contribution in [0.2, 0.25) is 0 Å². The first-order valence-electron chi connectivity index (χ1n) is 4.48. The van der Waals surface area contributed by atoms with Crippen molar-refractivity contribution in [3.63, 3.8) is 0 Å². The van der Waals surface area contributed by atoms with Gasteiger partial charge in [-0.3, -0.25) is 4.79 Å². The normalized spacial score (nSPS) is 21.4. The van der Waals surface area contributed by atoms with Gasteiger partial charge in [-0.25, -0.2) is 0 Å². The molecular formula is C11H11IO. The van der Waals surface area contributed by atoms with Gasteiger partial charge in [-0.15, -0.1) is 0 Å². The van der Waals surface area contributed by atoms with Gasteiger partial charge in [0.25, 0.3) is 0 Å². The zero-order valence-electron chi connectivity index (χ0n) is 7.51. The van der Waals surface area contributed by atoms with Crippen LogP contribution in [-0.4, -0.2) is 5.78 Å². The van der Waals surface area contributed by atoms with Crippen LogP contribution in [0.15, 0.2) is 18.2 Å². The second kappa shape index (κ2) is 3.40. The molecule has 1 aromatic rings. The van der Waals surface area contributed by atoms with E-state index in [2.05, 4.69) is 41.6 Å². The fourth-order valence-corrected chi connectivity index (χ4v) is 2.26.